The van der Waals surface area contributed by atoms with E-state index in [0.29, 0.717) is 10.9 Å². The molecule has 1 saturated heterocycles. The van der Waals surface area contributed by atoms with Crippen LogP contribution in [0.3, 0.4) is 0 Å². The Morgan fingerprint density at radius 3 is 2.68 bits per heavy atom. The number of nitrogens with zero attached hydrogens (tertiary/aromatic N) is 1. The van der Waals surface area contributed by atoms with Crippen LogP contribution in [-0.4, -0.2) is 28.2 Å². The number of amidine groups is 1. The third-order valence-corrected chi connectivity index (χ3v) is 4.88. The molecule has 2 N–H and O–H groups in total. The first-order valence-electron chi connectivity index (χ1n) is 8.61. The summed E-state index contributed by atoms with van der Waals surface area (Å²) >= 11 is 1.21. The van der Waals surface area contributed by atoms with E-state index < -0.39 is 11.2 Å². The monoisotopic (exact) mass is 397 g/mol. The Bertz CT molecular complexity index is 944. The predicted molar refractivity (Wildman–Crippen MR) is 109 cm³/mol. The summed E-state index contributed by atoms with van der Waals surface area (Å²) in [7, 11) is 0. The molecule has 8 heteroatoms. The van der Waals surface area contributed by atoms with Gasteiger partial charge in [0.05, 0.1) is 11.4 Å². The second-order valence-electron chi connectivity index (χ2n) is 6.19. The summed E-state index contributed by atoms with van der Waals surface area (Å²) in [5, 5.41) is 5.30. The number of hydrogen-bond acceptors (Lipinski definition) is 6. The second-order valence-corrected chi connectivity index (χ2v) is 7.39. The summed E-state index contributed by atoms with van der Waals surface area (Å²) in [6.07, 6.45) is -0.0300. The highest BCUT2D eigenvalue weighted by atomic mass is 32.2. The molecule has 0 radical (unpaired) electrons. The number of carbonyl (C=O) groups excluding carboxylic acids is 3. The van der Waals surface area contributed by atoms with Crippen LogP contribution in [0.1, 0.15) is 18.9 Å². The van der Waals surface area contributed by atoms with Gasteiger partial charge in [0.1, 0.15) is 5.25 Å². The summed E-state index contributed by atoms with van der Waals surface area (Å²) in [5.41, 5.74) is 2.01. The zero-order valence-corrected chi connectivity index (χ0v) is 16.2. The number of aliphatic imine (C=N–C) groups is 1. The number of rotatable bonds is 5. The van der Waals surface area contributed by atoms with Crippen LogP contribution in [0.5, 0.6) is 5.75 Å². The smallest absolute Gasteiger partial charge is 0.308 e. The fraction of sp³-hybridized carbons (Fsp3) is 0.200. The number of ether oxygens (including phenoxy) is 1. The van der Waals surface area contributed by atoms with Gasteiger partial charge in [-0.05, 0) is 36.8 Å². The number of aryl methyl sites for hydroxylation is 1. The van der Waals surface area contributed by atoms with Crippen molar-refractivity contribution in [1.29, 1.82) is 0 Å². The molecule has 1 aliphatic heterocycles. The summed E-state index contributed by atoms with van der Waals surface area (Å²) in [4.78, 5) is 40.2. The maximum Gasteiger partial charge on any atom is 0.308 e. The van der Waals surface area contributed by atoms with Gasteiger partial charge in [0.25, 0.3) is 0 Å². The standard InChI is InChI=1S/C20H19N3O4S/c1-12-8-9-16(27-13(2)24)15(10-12)22-18(25)11-17-19(26)23-20(28-17)21-14-6-4-3-5-7-14/h3-10,17H,11H2,1-2H3,(H,22,25)(H,21,23,26)/t17-/m0/s1. The Balaban J connectivity index is 1.65. The molecular weight excluding hydrogens is 378 g/mol. The number of esters is 1. The molecule has 0 aliphatic carbocycles. The van der Waals surface area contributed by atoms with Gasteiger partial charge in [-0.3, -0.25) is 14.4 Å². The molecule has 1 heterocycles. The van der Waals surface area contributed by atoms with Crippen molar-refractivity contribution >= 4 is 46.1 Å². The van der Waals surface area contributed by atoms with E-state index in [2.05, 4.69) is 15.6 Å². The maximum absolute atomic E-state index is 12.4. The van der Waals surface area contributed by atoms with Gasteiger partial charge in [-0.2, -0.15) is 0 Å². The molecule has 0 spiro atoms. The fourth-order valence-electron chi connectivity index (χ4n) is 2.57. The number of carbonyl (C=O) groups is 3. The van der Waals surface area contributed by atoms with E-state index in [0.717, 1.165) is 11.3 Å². The normalized spacial score (nSPS) is 17.3. The average molecular weight is 397 g/mol. The van der Waals surface area contributed by atoms with Crippen molar-refractivity contribution in [3.63, 3.8) is 0 Å². The lowest BCUT2D eigenvalue weighted by Gasteiger charge is -2.12. The van der Waals surface area contributed by atoms with E-state index in [9.17, 15) is 14.4 Å². The molecule has 2 amide bonds. The van der Waals surface area contributed by atoms with Crippen LogP contribution >= 0.6 is 11.8 Å². The molecule has 0 aromatic heterocycles. The third kappa shape index (κ3) is 5.20. The van der Waals surface area contributed by atoms with E-state index in [1.807, 2.05) is 37.3 Å². The quantitative estimate of drug-likeness (QED) is 0.597. The highest BCUT2D eigenvalue weighted by molar-refractivity contribution is 8.15. The van der Waals surface area contributed by atoms with Crippen LogP contribution < -0.4 is 15.4 Å². The highest BCUT2D eigenvalue weighted by Crippen LogP contribution is 2.28. The second kappa shape index (κ2) is 8.71. The van der Waals surface area contributed by atoms with Crippen LogP contribution in [-0.2, 0) is 14.4 Å². The van der Waals surface area contributed by atoms with E-state index in [4.69, 9.17) is 4.74 Å². The minimum absolute atomic E-state index is 0.0300. The van der Waals surface area contributed by atoms with Gasteiger partial charge in [0, 0.05) is 13.3 Å². The topological polar surface area (TPSA) is 96.9 Å². The number of para-hydroxylation sites is 1. The van der Waals surface area contributed by atoms with E-state index in [-0.39, 0.29) is 24.0 Å². The van der Waals surface area contributed by atoms with Crippen molar-refractivity contribution in [2.24, 2.45) is 4.99 Å². The van der Waals surface area contributed by atoms with Gasteiger partial charge in [-0.1, -0.05) is 36.0 Å². The molecule has 0 unspecified atom stereocenters. The van der Waals surface area contributed by atoms with Crippen LogP contribution in [0.4, 0.5) is 11.4 Å². The molecule has 7 nitrogen and oxygen atoms in total. The average Bonchev–Trinajstić information content (AvgIpc) is 2.96. The van der Waals surface area contributed by atoms with Gasteiger partial charge in [0.15, 0.2) is 10.9 Å². The molecule has 144 valence electrons. The number of hydrogen-bond donors (Lipinski definition) is 2. The van der Waals surface area contributed by atoms with Gasteiger partial charge in [-0.15, -0.1) is 0 Å². The van der Waals surface area contributed by atoms with Crippen molar-refractivity contribution in [1.82, 2.24) is 5.32 Å². The van der Waals surface area contributed by atoms with E-state index >= 15 is 0 Å². The van der Waals surface area contributed by atoms with Gasteiger partial charge >= 0.3 is 5.97 Å². The van der Waals surface area contributed by atoms with Crippen LogP contribution in [0.2, 0.25) is 0 Å². The fourth-order valence-corrected chi connectivity index (χ4v) is 3.55. The lowest BCUT2D eigenvalue weighted by molar-refractivity contribution is -0.132. The SMILES string of the molecule is CC(=O)Oc1ccc(C)cc1NC(=O)C[C@@H]1SC(=Nc2ccccc2)NC1=O. The minimum atomic E-state index is -0.579. The molecule has 1 fully saturated rings. The number of thioether (sulfide) groups is 1. The molecule has 0 bridgehead atoms. The first kappa shape index (κ1) is 19.6. The number of nitrogens with one attached hydrogen (secondary N) is 2. The number of benzene rings is 2. The van der Waals surface area contributed by atoms with Gasteiger partial charge in [0.2, 0.25) is 11.8 Å². The Morgan fingerprint density at radius 1 is 1.21 bits per heavy atom. The largest absolute Gasteiger partial charge is 0.424 e. The van der Waals surface area contributed by atoms with Gasteiger partial charge in [-0.25, -0.2) is 4.99 Å². The predicted octanol–water partition coefficient (Wildman–Crippen LogP) is 3.17. The summed E-state index contributed by atoms with van der Waals surface area (Å²) < 4.78 is 5.12. The highest BCUT2D eigenvalue weighted by Gasteiger charge is 2.32. The molecule has 2 aromatic carbocycles. The lowest BCUT2D eigenvalue weighted by atomic mass is 10.2. The molecule has 2 aromatic rings. The van der Waals surface area contributed by atoms with E-state index in [1.165, 1.54) is 18.7 Å². The van der Waals surface area contributed by atoms with Crippen molar-refractivity contribution in [3.8, 4) is 5.75 Å². The summed E-state index contributed by atoms with van der Waals surface area (Å²) in [6.45, 7) is 3.15. The number of amides is 2. The zero-order chi connectivity index (χ0) is 20.1. The Morgan fingerprint density at radius 2 is 1.96 bits per heavy atom. The van der Waals surface area contributed by atoms with Crippen LogP contribution in [0, 0.1) is 6.92 Å². The first-order valence-corrected chi connectivity index (χ1v) is 9.49. The van der Waals surface area contributed by atoms with E-state index in [1.54, 1.807) is 18.2 Å². The Kier molecular flexibility index (Phi) is 6.10. The maximum atomic E-state index is 12.4. The zero-order valence-electron chi connectivity index (χ0n) is 15.4. The molecule has 28 heavy (non-hydrogen) atoms. The van der Waals surface area contributed by atoms with Crippen molar-refractivity contribution < 1.29 is 19.1 Å². The molecule has 3 rings (SSSR count). The van der Waals surface area contributed by atoms with Crippen LogP contribution in [0.25, 0.3) is 0 Å². The molecule has 0 saturated carbocycles. The summed E-state index contributed by atoms with van der Waals surface area (Å²) in [5.74, 6) is -0.833. The van der Waals surface area contributed by atoms with Crippen LogP contribution in [0.15, 0.2) is 53.5 Å². The van der Waals surface area contributed by atoms with Crippen molar-refractivity contribution in [3.05, 3.63) is 54.1 Å². The summed E-state index contributed by atoms with van der Waals surface area (Å²) in [6, 6.07) is 14.4. The molecular formula is C20H19N3O4S. The van der Waals surface area contributed by atoms with Gasteiger partial charge < -0.3 is 15.4 Å². The van der Waals surface area contributed by atoms with Crippen molar-refractivity contribution in [2.75, 3.05) is 5.32 Å². The first-order chi connectivity index (χ1) is 13.4. The number of anilines is 1. The third-order valence-electron chi connectivity index (χ3n) is 3.80. The molecule has 1 atom stereocenters. The molecule has 1 aliphatic rings. The minimum Gasteiger partial charge on any atom is -0.424 e. The Hall–Kier alpha value is -3.13. The Labute approximate surface area is 166 Å². The lowest BCUT2D eigenvalue weighted by Crippen LogP contribution is -2.28. The van der Waals surface area contributed by atoms with Crippen molar-refractivity contribution in [2.45, 2.75) is 25.5 Å².